The largest absolute Gasteiger partial charge is 0.371 e. The van der Waals surface area contributed by atoms with Crippen LogP contribution < -0.4 is 10.2 Å². The van der Waals surface area contributed by atoms with Gasteiger partial charge in [0.15, 0.2) is 0 Å². The minimum Gasteiger partial charge on any atom is -0.371 e. The van der Waals surface area contributed by atoms with E-state index in [1.54, 1.807) is 0 Å². The lowest BCUT2D eigenvalue weighted by atomic mass is 10.0. The van der Waals surface area contributed by atoms with Gasteiger partial charge in [0.1, 0.15) is 0 Å². The van der Waals surface area contributed by atoms with Crippen LogP contribution in [0.4, 0.5) is 5.69 Å². The van der Waals surface area contributed by atoms with Gasteiger partial charge in [-0.3, -0.25) is 0 Å². The second kappa shape index (κ2) is 4.54. The van der Waals surface area contributed by atoms with E-state index in [9.17, 15) is 0 Å². The first-order valence-corrected chi connectivity index (χ1v) is 6.25. The van der Waals surface area contributed by atoms with Crippen LogP contribution in [0.5, 0.6) is 0 Å². The summed E-state index contributed by atoms with van der Waals surface area (Å²) in [6.45, 7) is 5.48. The monoisotopic (exact) mass is 268 g/mol. The lowest BCUT2D eigenvalue weighted by Crippen LogP contribution is -2.25. The van der Waals surface area contributed by atoms with Crippen molar-refractivity contribution < 1.29 is 0 Å². The summed E-state index contributed by atoms with van der Waals surface area (Å²) >= 11 is 3.66. The molecule has 3 heteroatoms. The first-order valence-electron chi connectivity index (χ1n) is 5.45. The Morgan fingerprint density at radius 1 is 1.53 bits per heavy atom. The summed E-state index contributed by atoms with van der Waals surface area (Å²) in [7, 11) is 2.02. The van der Waals surface area contributed by atoms with Gasteiger partial charge in [0, 0.05) is 35.7 Å². The van der Waals surface area contributed by atoms with Crippen molar-refractivity contribution in [3.8, 4) is 0 Å². The molecule has 0 saturated heterocycles. The van der Waals surface area contributed by atoms with Gasteiger partial charge >= 0.3 is 0 Å². The van der Waals surface area contributed by atoms with E-state index in [-0.39, 0.29) is 0 Å². The number of halogens is 1. The third-order valence-corrected chi connectivity index (χ3v) is 3.74. The van der Waals surface area contributed by atoms with Gasteiger partial charge in [0.2, 0.25) is 0 Å². The fourth-order valence-electron chi connectivity index (χ4n) is 2.37. The van der Waals surface area contributed by atoms with Crippen molar-refractivity contribution in [2.24, 2.45) is 0 Å². The number of nitrogens with one attached hydrogen (secondary N) is 1. The van der Waals surface area contributed by atoms with Crippen LogP contribution in [0.2, 0.25) is 0 Å². The number of anilines is 1. The molecule has 1 aromatic rings. The van der Waals surface area contributed by atoms with Crippen LogP contribution >= 0.6 is 15.9 Å². The van der Waals surface area contributed by atoms with Gasteiger partial charge in [-0.1, -0.05) is 22.0 Å². The first-order chi connectivity index (χ1) is 7.27. The van der Waals surface area contributed by atoms with E-state index >= 15 is 0 Å². The number of likely N-dealkylation sites (N-methyl/N-ethyl adjacent to an activating group) is 2. The van der Waals surface area contributed by atoms with Gasteiger partial charge in [0.25, 0.3) is 0 Å². The second-order valence-corrected chi connectivity index (χ2v) is 4.82. The second-order valence-electron chi connectivity index (χ2n) is 3.97. The minimum absolute atomic E-state index is 0.612. The van der Waals surface area contributed by atoms with Crippen LogP contribution in [0.1, 0.15) is 18.4 Å². The highest BCUT2D eigenvalue weighted by Gasteiger charge is 2.28. The summed E-state index contributed by atoms with van der Waals surface area (Å²) in [5.74, 6) is 0.612. The number of nitrogens with zero attached hydrogens (tertiary/aromatic N) is 1. The highest BCUT2D eigenvalue weighted by molar-refractivity contribution is 9.10. The molecule has 2 rings (SSSR count). The molecule has 0 aromatic heterocycles. The Labute approximate surface area is 99.8 Å². The average Bonchev–Trinajstić information content (AvgIpc) is 2.59. The van der Waals surface area contributed by atoms with Crippen LogP contribution in [0.25, 0.3) is 0 Å². The van der Waals surface area contributed by atoms with Crippen LogP contribution in [-0.4, -0.2) is 26.7 Å². The van der Waals surface area contributed by atoms with E-state index in [4.69, 9.17) is 0 Å². The van der Waals surface area contributed by atoms with Crippen LogP contribution in [-0.2, 0) is 0 Å². The highest BCUT2D eigenvalue weighted by atomic mass is 79.9. The maximum atomic E-state index is 3.66. The fourth-order valence-corrected chi connectivity index (χ4v) is 3.05. The molecular weight excluding hydrogens is 252 g/mol. The van der Waals surface area contributed by atoms with Gasteiger partial charge in [-0.15, -0.1) is 0 Å². The van der Waals surface area contributed by atoms with Crippen molar-refractivity contribution >= 4 is 21.6 Å². The Morgan fingerprint density at radius 3 is 3.00 bits per heavy atom. The molecule has 1 aliphatic rings. The molecule has 0 bridgehead atoms. The van der Waals surface area contributed by atoms with Crippen molar-refractivity contribution in [1.82, 2.24) is 5.32 Å². The summed E-state index contributed by atoms with van der Waals surface area (Å²) in [6, 6.07) is 6.48. The lowest BCUT2D eigenvalue weighted by molar-refractivity contribution is 0.643. The van der Waals surface area contributed by atoms with Crippen molar-refractivity contribution in [3.05, 3.63) is 28.2 Å². The quantitative estimate of drug-likeness (QED) is 0.907. The summed E-state index contributed by atoms with van der Waals surface area (Å²) in [4.78, 5) is 2.45. The zero-order chi connectivity index (χ0) is 10.8. The molecule has 1 atom stereocenters. The number of fused-ring (bicyclic) bond motifs is 1. The zero-order valence-electron chi connectivity index (χ0n) is 9.26. The summed E-state index contributed by atoms with van der Waals surface area (Å²) in [6.07, 6.45) is 0. The zero-order valence-corrected chi connectivity index (χ0v) is 10.8. The van der Waals surface area contributed by atoms with E-state index in [0.29, 0.717) is 5.92 Å². The van der Waals surface area contributed by atoms with Crippen molar-refractivity contribution in [2.45, 2.75) is 12.8 Å². The fraction of sp³-hybridized carbons (Fsp3) is 0.500. The molecule has 1 aliphatic heterocycles. The van der Waals surface area contributed by atoms with Crippen LogP contribution in [0.15, 0.2) is 22.7 Å². The Kier molecular flexibility index (Phi) is 3.32. The van der Waals surface area contributed by atoms with Crippen molar-refractivity contribution in [1.29, 1.82) is 0 Å². The molecule has 82 valence electrons. The Bertz CT molecular complexity index is 351. The Hall–Kier alpha value is -0.540. The van der Waals surface area contributed by atoms with Gasteiger partial charge in [-0.05, 0) is 31.7 Å². The third-order valence-electron chi connectivity index (χ3n) is 3.05. The third kappa shape index (κ3) is 1.91. The Balaban J connectivity index is 2.39. The molecule has 1 heterocycles. The molecule has 0 aliphatic carbocycles. The lowest BCUT2D eigenvalue weighted by Gasteiger charge is -2.16. The first kappa shape index (κ1) is 11.0. The molecule has 0 amide bonds. The molecule has 1 aromatic carbocycles. The minimum atomic E-state index is 0.612. The smallest absolute Gasteiger partial charge is 0.0414 e. The van der Waals surface area contributed by atoms with E-state index in [1.807, 2.05) is 7.05 Å². The molecule has 0 spiro atoms. The molecule has 0 fully saturated rings. The molecule has 1 N–H and O–H groups in total. The number of rotatable bonds is 3. The molecule has 0 radical (unpaired) electrons. The topological polar surface area (TPSA) is 15.3 Å². The summed E-state index contributed by atoms with van der Waals surface area (Å²) in [5.41, 5.74) is 2.86. The average molecular weight is 269 g/mol. The van der Waals surface area contributed by atoms with Gasteiger partial charge < -0.3 is 10.2 Å². The standard InChI is InChI=1S/C12H17BrN2/c1-3-15-8-9(7-14-2)12-10(13)5-4-6-11(12)15/h4-6,9,14H,3,7-8H2,1-2H3. The Morgan fingerprint density at radius 2 is 2.33 bits per heavy atom. The van der Waals surface area contributed by atoms with Gasteiger partial charge in [0.05, 0.1) is 0 Å². The summed E-state index contributed by atoms with van der Waals surface area (Å²) < 4.78 is 1.25. The van der Waals surface area contributed by atoms with E-state index < -0.39 is 0 Å². The van der Waals surface area contributed by atoms with Crippen molar-refractivity contribution in [3.63, 3.8) is 0 Å². The SMILES string of the molecule is CCN1CC(CNC)c2c(Br)cccc21. The van der Waals surface area contributed by atoms with Gasteiger partial charge in [-0.2, -0.15) is 0 Å². The van der Waals surface area contributed by atoms with E-state index in [1.165, 1.54) is 15.7 Å². The molecule has 1 unspecified atom stereocenters. The predicted molar refractivity (Wildman–Crippen MR) is 68.7 cm³/mol. The molecule has 0 saturated carbocycles. The number of benzene rings is 1. The summed E-state index contributed by atoms with van der Waals surface area (Å²) in [5, 5.41) is 3.27. The highest BCUT2D eigenvalue weighted by Crippen LogP contribution is 2.40. The number of hydrogen-bond acceptors (Lipinski definition) is 2. The van der Waals surface area contributed by atoms with Gasteiger partial charge in [-0.25, -0.2) is 0 Å². The van der Waals surface area contributed by atoms with E-state index in [2.05, 4.69) is 51.3 Å². The van der Waals surface area contributed by atoms with Crippen LogP contribution in [0, 0.1) is 0 Å². The normalized spacial score (nSPS) is 19.4. The van der Waals surface area contributed by atoms with Crippen LogP contribution in [0.3, 0.4) is 0 Å². The molecule has 15 heavy (non-hydrogen) atoms. The maximum Gasteiger partial charge on any atom is 0.0414 e. The van der Waals surface area contributed by atoms with Crippen molar-refractivity contribution in [2.75, 3.05) is 31.6 Å². The molecular formula is C12H17BrN2. The number of hydrogen-bond donors (Lipinski definition) is 1. The van der Waals surface area contributed by atoms with E-state index in [0.717, 1.165) is 19.6 Å². The maximum absolute atomic E-state index is 3.66. The predicted octanol–water partition coefficient (Wildman–Crippen LogP) is 2.59. The molecule has 2 nitrogen and oxygen atoms in total.